The van der Waals surface area contributed by atoms with Gasteiger partial charge in [-0.15, -0.1) is 0 Å². The number of hydrogen-bond acceptors (Lipinski definition) is 3. The summed E-state index contributed by atoms with van der Waals surface area (Å²) in [6.07, 6.45) is 10.0. The van der Waals surface area contributed by atoms with Gasteiger partial charge >= 0.3 is 12.1 Å². The summed E-state index contributed by atoms with van der Waals surface area (Å²) >= 11 is 0. The average molecular weight is 500 g/mol. The van der Waals surface area contributed by atoms with Gasteiger partial charge < -0.3 is 10.1 Å². The Hall–Kier alpha value is -2.05. The van der Waals surface area contributed by atoms with Crippen LogP contribution in [-0.4, -0.2) is 24.5 Å². The lowest BCUT2D eigenvalue weighted by Crippen LogP contribution is -2.43. The van der Waals surface area contributed by atoms with E-state index < -0.39 is 35.2 Å². The molecule has 1 rings (SSSR count). The number of halogens is 3. The number of nitrogens with one attached hydrogen (secondary N) is 1. The van der Waals surface area contributed by atoms with Gasteiger partial charge in [-0.3, -0.25) is 4.79 Å². The topological polar surface area (TPSA) is 55.4 Å². The van der Waals surface area contributed by atoms with E-state index in [0.717, 1.165) is 31.4 Å². The summed E-state index contributed by atoms with van der Waals surface area (Å²) in [5, 5.41) is 2.46. The summed E-state index contributed by atoms with van der Waals surface area (Å²) in [4.78, 5) is 25.1. The Balaban J connectivity index is 2.37. The summed E-state index contributed by atoms with van der Waals surface area (Å²) in [6, 6.07) is 3.59. The van der Waals surface area contributed by atoms with Crippen molar-refractivity contribution in [2.75, 3.05) is 6.61 Å². The molecule has 0 aliphatic carbocycles. The maximum Gasteiger partial charge on any atom is 0.417 e. The molecule has 1 amide bonds. The number of carbonyl (C=O) groups excluding carboxylic acids is 2. The predicted octanol–water partition coefficient (Wildman–Crippen LogP) is 8.09. The molecule has 0 fully saturated rings. The number of carbonyl (C=O) groups is 2. The van der Waals surface area contributed by atoms with Gasteiger partial charge in [0.15, 0.2) is 0 Å². The Labute approximate surface area is 209 Å². The van der Waals surface area contributed by atoms with E-state index in [0.29, 0.717) is 0 Å². The van der Waals surface area contributed by atoms with Crippen molar-refractivity contribution in [3.8, 4) is 0 Å². The highest BCUT2D eigenvalue weighted by Gasteiger charge is 2.35. The molecule has 1 aromatic rings. The number of rotatable bonds is 18. The first-order chi connectivity index (χ1) is 16.7. The van der Waals surface area contributed by atoms with Crippen LogP contribution in [0.4, 0.5) is 13.2 Å². The molecule has 0 aliphatic heterocycles. The molecule has 0 spiro atoms. The Kier molecular flexibility index (Phi) is 15.4. The third-order valence-corrected chi connectivity index (χ3v) is 6.02. The van der Waals surface area contributed by atoms with Crippen molar-refractivity contribution in [1.29, 1.82) is 0 Å². The molecular formula is C28H44F3NO3. The van der Waals surface area contributed by atoms with Gasteiger partial charge in [0.1, 0.15) is 6.04 Å². The van der Waals surface area contributed by atoms with E-state index in [-0.39, 0.29) is 18.9 Å². The molecule has 7 heteroatoms. The Morgan fingerprint density at radius 3 is 1.89 bits per heavy atom. The van der Waals surface area contributed by atoms with E-state index in [1.165, 1.54) is 69.9 Å². The van der Waals surface area contributed by atoms with Crippen molar-refractivity contribution in [2.24, 2.45) is 5.92 Å². The molecule has 0 saturated carbocycles. The van der Waals surface area contributed by atoms with Crippen LogP contribution in [0, 0.1) is 5.92 Å². The number of esters is 1. The predicted molar refractivity (Wildman–Crippen MR) is 134 cm³/mol. The minimum Gasteiger partial charge on any atom is -0.464 e. The van der Waals surface area contributed by atoms with E-state index in [2.05, 4.69) is 12.2 Å². The molecule has 0 heterocycles. The zero-order valence-electron chi connectivity index (χ0n) is 21.7. The van der Waals surface area contributed by atoms with Gasteiger partial charge in [-0.2, -0.15) is 13.2 Å². The monoisotopic (exact) mass is 499 g/mol. The molecule has 1 unspecified atom stereocenters. The van der Waals surface area contributed by atoms with Gasteiger partial charge in [-0.1, -0.05) is 104 Å². The van der Waals surface area contributed by atoms with Gasteiger partial charge in [0.05, 0.1) is 17.7 Å². The van der Waals surface area contributed by atoms with Crippen LogP contribution in [0.5, 0.6) is 0 Å². The minimum atomic E-state index is -4.66. The van der Waals surface area contributed by atoms with E-state index in [1.807, 2.05) is 13.8 Å². The maximum absolute atomic E-state index is 13.3. The fraction of sp³-hybridized carbons (Fsp3) is 0.714. The highest BCUT2D eigenvalue weighted by atomic mass is 19.4. The van der Waals surface area contributed by atoms with Crippen LogP contribution >= 0.6 is 0 Å². The molecule has 0 aliphatic rings. The molecule has 35 heavy (non-hydrogen) atoms. The standard InChI is InChI=1S/C28H44F3NO3/c1-4-5-6-7-8-9-10-11-12-13-14-17-20-35-27(34)25(21-22(2)3)32-26(33)23-18-15-16-19-24(23)28(29,30)31/h15-16,18-19,22,25H,4-14,17,20-21H2,1-3H3,(H,32,33). The largest absolute Gasteiger partial charge is 0.464 e. The fourth-order valence-electron chi connectivity index (χ4n) is 4.07. The first kappa shape index (κ1) is 31.0. The number of benzene rings is 1. The number of alkyl halides is 3. The fourth-order valence-corrected chi connectivity index (χ4v) is 4.07. The van der Waals surface area contributed by atoms with Gasteiger partial charge in [-0.25, -0.2) is 4.79 Å². The Morgan fingerprint density at radius 2 is 1.37 bits per heavy atom. The summed E-state index contributed by atoms with van der Waals surface area (Å²) in [7, 11) is 0. The Morgan fingerprint density at radius 1 is 0.857 bits per heavy atom. The highest BCUT2D eigenvalue weighted by molar-refractivity contribution is 5.98. The second kappa shape index (κ2) is 17.4. The number of amides is 1. The summed E-state index contributed by atoms with van der Waals surface area (Å²) < 4.78 is 45.1. The third kappa shape index (κ3) is 13.6. The van der Waals surface area contributed by atoms with Crippen LogP contribution in [0.2, 0.25) is 0 Å². The van der Waals surface area contributed by atoms with Crippen molar-refractivity contribution in [3.63, 3.8) is 0 Å². The smallest absolute Gasteiger partial charge is 0.417 e. The average Bonchev–Trinajstić information content (AvgIpc) is 2.80. The molecule has 4 nitrogen and oxygen atoms in total. The normalized spacial score (nSPS) is 12.5. The molecule has 1 atom stereocenters. The second-order valence-electron chi connectivity index (χ2n) is 9.76. The third-order valence-electron chi connectivity index (χ3n) is 6.02. The minimum absolute atomic E-state index is 0.0531. The molecule has 200 valence electrons. The zero-order chi connectivity index (χ0) is 26.1. The van der Waals surface area contributed by atoms with Crippen LogP contribution in [0.3, 0.4) is 0 Å². The summed E-state index contributed by atoms with van der Waals surface area (Å²) in [5.41, 5.74) is -1.52. The lowest BCUT2D eigenvalue weighted by atomic mass is 10.0. The summed E-state index contributed by atoms with van der Waals surface area (Å²) in [6.45, 7) is 6.23. The van der Waals surface area contributed by atoms with E-state index in [9.17, 15) is 22.8 Å². The van der Waals surface area contributed by atoms with Gasteiger partial charge in [-0.05, 0) is 30.9 Å². The van der Waals surface area contributed by atoms with Crippen LogP contribution in [0.15, 0.2) is 24.3 Å². The van der Waals surface area contributed by atoms with Crippen molar-refractivity contribution >= 4 is 11.9 Å². The SMILES string of the molecule is CCCCCCCCCCCCCCOC(=O)C(CC(C)C)NC(=O)c1ccccc1C(F)(F)F. The number of hydrogen-bond donors (Lipinski definition) is 1. The van der Waals surface area contributed by atoms with Crippen LogP contribution in [0.25, 0.3) is 0 Å². The van der Waals surface area contributed by atoms with E-state index >= 15 is 0 Å². The summed E-state index contributed by atoms with van der Waals surface area (Å²) in [5.74, 6) is -1.47. The molecule has 0 bridgehead atoms. The lowest BCUT2D eigenvalue weighted by molar-refractivity contribution is -0.146. The zero-order valence-corrected chi connectivity index (χ0v) is 21.7. The van der Waals surface area contributed by atoms with E-state index in [1.54, 1.807) is 0 Å². The molecule has 0 aromatic heterocycles. The number of unbranched alkanes of at least 4 members (excludes halogenated alkanes) is 11. The van der Waals surface area contributed by atoms with Crippen molar-refractivity contribution in [2.45, 2.75) is 116 Å². The molecule has 1 N–H and O–H groups in total. The highest BCUT2D eigenvalue weighted by Crippen LogP contribution is 2.31. The van der Waals surface area contributed by atoms with Crippen molar-refractivity contribution < 1.29 is 27.5 Å². The lowest BCUT2D eigenvalue weighted by Gasteiger charge is -2.20. The van der Waals surface area contributed by atoms with Crippen molar-refractivity contribution in [1.82, 2.24) is 5.32 Å². The molecule has 0 radical (unpaired) electrons. The van der Waals surface area contributed by atoms with Crippen LogP contribution in [-0.2, 0) is 15.7 Å². The second-order valence-corrected chi connectivity index (χ2v) is 9.76. The quantitative estimate of drug-likeness (QED) is 0.164. The van der Waals surface area contributed by atoms with Crippen LogP contribution < -0.4 is 5.32 Å². The molecule has 1 aromatic carbocycles. The maximum atomic E-state index is 13.3. The molecule has 0 saturated heterocycles. The van der Waals surface area contributed by atoms with Crippen molar-refractivity contribution in [3.05, 3.63) is 35.4 Å². The Bertz CT molecular complexity index is 734. The molecular weight excluding hydrogens is 455 g/mol. The van der Waals surface area contributed by atoms with Gasteiger partial charge in [0, 0.05) is 0 Å². The van der Waals surface area contributed by atoms with Crippen LogP contribution in [0.1, 0.15) is 120 Å². The van der Waals surface area contributed by atoms with Gasteiger partial charge in [0.2, 0.25) is 0 Å². The number of ether oxygens (including phenoxy) is 1. The van der Waals surface area contributed by atoms with E-state index in [4.69, 9.17) is 4.74 Å². The first-order valence-corrected chi connectivity index (χ1v) is 13.3. The van der Waals surface area contributed by atoms with Gasteiger partial charge in [0.25, 0.3) is 5.91 Å². The first-order valence-electron chi connectivity index (χ1n) is 13.3.